The Hall–Kier alpha value is -1.56. The number of nitrogens with zero attached hydrogens (tertiary/aromatic N) is 2. The lowest BCUT2D eigenvalue weighted by atomic mass is 9.94. The van der Waals surface area contributed by atoms with Crippen molar-refractivity contribution in [2.75, 3.05) is 32.8 Å². The van der Waals surface area contributed by atoms with Crippen LogP contribution < -0.4 is 0 Å². The van der Waals surface area contributed by atoms with E-state index in [0.29, 0.717) is 45.0 Å². The first-order valence-electron chi connectivity index (χ1n) is 8.11. The van der Waals surface area contributed by atoms with Crippen LogP contribution in [0.25, 0.3) is 0 Å². The van der Waals surface area contributed by atoms with Crippen LogP contribution >= 0.6 is 0 Å². The molecule has 2 aliphatic heterocycles. The van der Waals surface area contributed by atoms with Gasteiger partial charge in [-0.3, -0.25) is 9.69 Å². The Labute approximate surface area is 132 Å². The van der Waals surface area contributed by atoms with Gasteiger partial charge in [-0.1, -0.05) is 20.3 Å². The third kappa shape index (κ3) is 3.27. The van der Waals surface area contributed by atoms with Gasteiger partial charge in [0, 0.05) is 25.7 Å². The van der Waals surface area contributed by atoms with Gasteiger partial charge in [-0.25, -0.2) is 4.79 Å². The van der Waals surface area contributed by atoms with E-state index >= 15 is 0 Å². The van der Waals surface area contributed by atoms with E-state index < -0.39 is 5.54 Å². The van der Waals surface area contributed by atoms with Crippen LogP contribution in [-0.2, 0) is 14.3 Å². The predicted octanol–water partition coefficient (Wildman–Crippen LogP) is 2.15. The maximum absolute atomic E-state index is 12.4. The van der Waals surface area contributed by atoms with Gasteiger partial charge in [-0.2, -0.15) is 0 Å². The molecule has 0 radical (unpaired) electrons. The highest BCUT2D eigenvalue weighted by molar-refractivity contribution is 5.90. The minimum atomic E-state index is -0.534. The fraction of sp³-hybridized carbons (Fsp3) is 0.750. The standard InChI is InChI=1S/C16H26N2O4/c1-4-6-7-18-15(20)22-13(16(18,3)5-2)12-14(19)17-8-10-21-11-9-17/h12H,4-11H2,1-3H3/b13-12+. The summed E-state index contributed by atoms with van der Waals surface area (Å²) in [7, 11) is 0. The second-order valence-corrected chi connectivity index (χ2v) is 5.95. The van der Waals surface area contributed by atoms with E-state index in [1.807, 2.05) is 13.8 Å². The Kier molecular flexibility index (Phi) is 5.45. The van der Waals surface area contributed by atoms with Gasteiger partial charge in [0.05, 0.1) is 13.2 Å². The molecule has 2 rings (SSSR count). The average Bonchev–Trinajstić information content (AvgIpc) is 2.77. The lowest BCUT2D eigenvalue weighted by molar-refractivity contribution is -0.130. The van der Waals surface area contributed by atoms with Gasteiger partial charge in [0.1, 0.15) is 11.3 Å². The molecule has 2 aliphatic rings. The summed E-state index contributed by atoms with van der Waals surface area (Å²) >= 11 is 0. The van der Waals surface area contributed by atoms with E-state index in [1.54, 1.807) is 9.80 Å². The summed E-state index contributed by atoms with van der Waals surface area (Å²) < 4.78 is 10.7. The van der Waals surface area contributed by atoms with Crippen LogP contribution in [0.1, 0.15) is 40.0 Å². The summed E-state index contributed by atoms with van der Waals surface area (Å²) in [6.07, 6.45) is 3.78. The van der Waals surface area contributed by atoms with Crippen LogP contribution in [0.5, 0.6) is 0 Å². The SMILES string of the molecule is CCCCN1C(=O)O/C(=C/C(=O)N2CCOCC2)C1(C)CC. The summed E-state index contributed by atoms with van der Waals surface area (Å²) in [6.45, 7) is 8.99. The number of rotatable bonds is 5. The first-order valence-corrected chi connectivity index (χ1v) is 8.11. The summed E-state index contributed by atoms with van der Waals surface area (Å²) in [4.78, 5) is 28.0. The minimum Gasteiger partial charge on any atom is -0.412 e. The number of ether oxygens (including phenoxy) is 2. The van der Waals surface area contributed by atoms with Crippen molar-refractivity contribution in [3.8, 4) is 0 Å². The maximum atomic E-state index is 12.4. The smallest absolute Gasteiger partial charge is 0.412 e. The molecule has 0 aliphatic carbocycles. The fourth-order valence-electron chi connectivity index (χ4n) is 2.79. The molecular weight excluding hydrogens is 284 g/mol. The molecule has 0 aromatic heterocycles. The molecule has 6 nitrogen and oxygen atoms in total. The van der Waals surface area contributed by atoms with Gasteiger partial charge in [0.2, 0.25) is 5.91 Å². The van der Waals surface area contributed by atoms with E-state index in [-0.39, 0.29) is 12.0 Å². The third-order valence-electron chi connectivity index (χ3n) is 4.55. The topological polar surface area (TPSA) is 59.1 Å². The number of morpholine rings is 1. The molecule has 2 saturated heterocycles. The van der Waals surface area contributed by atoms with E-state index in [9.17, 15) is 9.59 Å². The number of carbonyl (C=O) groups is 2. The zero-order valence-electron chi connectivity index (χ0n) is 13.8. The predicted molar refractivity (Wildman–Crippen MR) is 82.3 cm³/mol. The number of cyclic esters (lactones) is 1. The van der Waals surface area contributed by atoms with Crippen molar-refractivity contribution in [1.82, 2.24) is 9.80 Å². The van der Waals surface area contributed by atoms with Crippen molar-refractivity contribution in [1.29, 1.82) is 0 Å². The number of unbranched alkanes of at least 4 members (excludes halogenated alkanes) is 1. The molecular formula is C16H26N2O4. The van der Waals surface area contributed by atoms with Crippen LogP contribution in [0.2, 0.25) is 0 Å². The number of hydrogen-bond acceptors (Lipinski definition) is 4. The van der Waals surface area contributed by atoms with E-state index in [2.05, 4.69) is 6.92 Å². The summed E-state index contributed by atoms with van der Waals surface area (Å²) in [5, 5.41) is 0. The van der Waals surface area contributed by atoms with Gasteiger partial charge >= 0.3 is 6.09 Å². The molecule has 6 heteroatoms. The Bertz CT molecular complexity index is 457. The molecule has 0 spiro atoms. The molecule has 1 atom stereocenters. The molecule has 22 heavy (non-hydrogen) atoms. The monoisotopic (exact) mass is 310 g/mol. The van der Waals surface area contributed by atoms with Crippen molar-refractivity contribution in [3.63, 3.8) is 0 Å². The highest BCUT2D eigenvalue weighted by atomic mass is 16.6. The number of hydrogen-bond donors (Lipinski definition) is 0. The molecule has 1 unspecified atom stereocenters. The first kappa shape index (κ1) is 16.8. The highest BCUT2D eigenvalue weighted by Gasteiger charge is 2.47. The molecule has 0 saturated carbocycles. The van der Waals surface area contributed by atoms with Crippen LogP contribution in [0.3, 0.4) is 0 Å². The first-order chi connectivity index (χ1) is 10.5. The average molecular weight is 310 g/mol. The van der Waals surface area contributed by atoms with Crippen molar-refractivity contribution in [2.24, 2.45) is 0 Å². The van der Waals surface area contributed by atoms with Gasteiger partial charge in [-0.05, 0) is 19.8 Å². The quantitative estimate of drug-likeness (QED) is 0.730. The molecule has 2 fully saturated rings. The molecule has 124 valence electrons. The molecule has 0 bridgehead atoms. The lowest BCUT2D eigenvalue weighted by Gasteiger charge is -2.32. The fourth-order valence-corrected chi connectivity index (χ4v) is 2.79. The largest absolute Gasteiger partial charge is 0.415 e. The van der Waals surface area contributed by atoms with Crippen molar-refractivity contribution >= 4 is 12.0 Å². The van der Waals surface area contributed by atoms with Gasteiger partial charge < -0.3 is 14.4 Å². The summed E-state index contributed by atoms with van der Waals surface area (Å²) in [6, 6.07) is 0. The van der Waals surface area contributed by atoms with E-state index in [4.69, 9.17) is 9.47 Å². The zero-order valence-corrected chi connectivity index (χ0v) is 13.8. The van der Waals surface area contributed by atoms with Crippen LogP contribution in [0.15, 0.2) is 11.8 Å². The molecule has 0 N–H and O–H groups in total. The Morgan fingerprint density at radius 1 is 1.32 bits per heavy atom. The Morgan fingerprint density at radius 3 is 2.59 bits per heavy atom. The Balaban J connectivity index is 2.16. The highest BCUT2D eigenvalue weighted by Crippen LogP contribution is 2.36. The third-order valence-corrected chi connectivity index (χ3v) is 4.55. The summed E-state index contributed by atoms with van der Waals surface area (Å²) in [5.41, 5.74) is -0.534. The normalized spacial score (nSPS) is 27.4. The van der Waals surface area contributed by atoms with Gasteiger partial charge in [-0.15, -0.1) is 0 Å². The second-order valence-electron chi connectivity index (χ2n) is 5.95. The van der Waals surface area contributed by atoms with E-state index in [0.717, 1.165) is 12.8 Å². The van der Waals surface area contributed by atoms with Crippen molar-refractivity contribution < 1.29 is 19.1 Å². The maximum Gasteiger partial charge on any atom is 0.415 e. The van der Waals surface area contributed by atoms with Crippen LogP contribution in [0, 0.1) is 0 Å². The number of amides is 2. The van der Waals surface area contributed by atoms with Gasteiger partial charge in [0.25, 0.3) is 0 Å². The molecule has 2 amide bonds. The Morgan fingerprint density at radius 2 is 2.00 bits per heavy atom. The van der Waals surface area contributed by atoms with Crippen LogP contribution in [-0.4, -0.2) is 60.2 Å². The summed E-state index contributed by atoms with van der Waals surface area (Å²) in [5.74, 6) is 0.357. The lowest BCUT2D eigenvalue weighted by Crippen LogP contribution is -2.44. The van der Waals surface area contributed by atoms with Crippen molar-refractivity contribution in [2.45, 2.75) is 45.6 Å². The van der Waals surface area contributed by atoms with Gasteiger partial charge in [0.15, 0.2) is 0 Å². The molecule has 0 aromatic carbocycles. The van der Waals surface area contributed by atoms with E-state index in [1.165, 1.54) is 6.08 Å². The minimum absolute atomic E-state index is 0.108. The second kappa shape index (κ2) is 7.13. The molecule has 2 heterocycles. The molecule has 0 aromatic rings. The van der Waals surface area contributed by atoms with Crippen LogP contribution in [0.4, 0.5) is 4.79 Å². The number of carbonyl (C=O) groups excluding carboxylic acids is 2. The zero-order chi connectivity index (χ0) is 16.2. The van der Waals surface area contributed by atoms with Crippen molar-refractivity contribution in [3.05, 3.63) is 11.8 Å².